The van der Waals surface area contributed by atoms with Gasteiger partial charge in [0.05, 0.1) is 18.8 Å². The van der Waals surface area contributed by atoms with Crippen molar-refractivity contribution in [2.24, 2.45) is 5.73 Å². The molecule has 6 nitrogen and oxygen atoms in total. The Morgan fingerprint density at radius 2 is 2.24 bits per heavy atom. The third-order valence-electron chi connectivity index (χ3n) is 3.99. The van der Waals surface area contributed by atoms with Gasteiger partial charge in [0.15, 0.2) is 0 Å². The highest BCUT2D eigenvalue weighted by atomic mass is 19.1. The second-order valence-corrected chi connectivity index (χ2v) is 5.93. The molecule has 3 rings (SSSR count). The molecule has 25 heavy (non-hydrogen) atoms. The minimum atomic E-state index is -0.779. The van der Waals surface area contributed by atoms with Crippen molar-refractivity contribution in [1.82, 2.24) is 9.97 Å². The summed E-state index contributed by atoms with van der Waals surface area (Å²) in [6, 6.07) is 9.23. The van der Waals surface area contributed by atoms with E-state index in [1.807, 2.05) is 35.2 Å². The Morgan fingerprint density at radius 3 is 2.88 bits per heavy atom. The number of nitrogens with zero attached hydrogens (tertiary/aromatic N) is 3. The van der Waals surface area contributed by atoms with Crippen LogP contribution in [0.5, 0.6) is 0 Å². The van der Waals surface area contributed by atoms with Crippen molar-refractivity contribution >= 4 is 23.0 Å². The van der Waals surface area contributed by atoms with E-state index in [9.17, 15) is 4.39 Å². The molecule has 0 unspecified atom stereocenters. The monoisotopic (exact) mass is 340 g/mol. The van der Waals surface area contributed by atoms with E-state index >= 15 is 0 Å². The van der Waals surface area contributed by atoms with Gasteiger partial charge in [-0.15, -0.1) is 0 Å². The minimum Gasteiger partial charge on any atom is -0.398 e. The summed E-state index contributed by atoms with van der Waals surface area (Å²) in [5.41, 5.74) is 7.60. The van der Waals surface area contributed by atoms with Crippen LogP contribution in [0.25, 0.3) is 5.70 Å². The van der Waals surface area contributed by atoms with E-state index < -0.39 is 6.17 Å². The summed E-state index contributed by atoms with van der Waals surface area (Å²) in [6.45, 7) is 1.40. The fourth-order valence-electron chi connectivity index (χ4n) is 2.64. The molecule has 1 aliphatic heterocycles. The highest BCUT2D eigenvalue weighted by Crippen LogP contribution is 2.20. The average molecular weight is 340 g/mol. The molecule has 4 N–H and O–H groups in total. The number of nitrogens with two attached hydrogens (primary N) is 1. The molecule has 0 amide bonds. The molecule has 0 aliphatic carbocycles. The highest BCUT2D eigenvalue weighted by Gasteiger charge is 2.22. The molecule has 0 aromatic carbocycles. The fraction of sp³-hybridized carbons (Fsp3) is 0.278. The van der Waals surface area contributed by atoms with Crippen molar-refractivity contribution in [2.45, 2.75) is 12.6 Å². The Kier molecular flexibility index (Phi) is 5.23. The van der Waals surface area contributed by atoms with Gasteiger partial charge in [-0.3, -0.25) is 0 Å². The van der Waals surface area contributed by atoms with Gasteiger partial charge >= 0.3 is 0 Å². The lowest BCUT2D eigenvalue weighted by Crippen LogP contribution is -2.21. The van der Waals surface area contributed by atoms with Gasteiger partial charge in [0.1, 0.15) is 17.8 Å². The molecular weight excluding hydrogens is 319 g/mol. The number of aromatic nitrogens is 2. The van der Waals surface area contributed by atoms with Gasteiger partial charge in [0.2, 0.25) is 0 Å². The maximum atomic E-state index is 13.3. The summed E-state index contributed by atoms with van der Waals surface area (Å²) in [5, 5.41) is 11.1. The number of nitrogens with one attached hydrogen (secondary N) is 2. The summed E-state index contributed by atoms with van der Waals surface area (Å²) >= 11 is 0. The van der Waals surface area contributed by atoms with Crippen LogP contribution in [-0.2, 0) is 0 Å². The van der Waals surface area contributed by atoms with Gasteiger partial charge in [-0.2, -0.15) is 0 Å². The molecule has 0 spiro atoms. The quantitative estimate of drug-likeness (QED) is 0.703. The van der Waals surface area contributed by atoms with Gasteiger partial charge < -0.3 is 21.4 Å². The van der Waals surface area contributed by atoms with Crippen molar-refractivity contribution in [2.75, 3.05) is 29.9 Å². The standard InChI is InChI=1S/C18H21FN6/c19-14-6-8-25(12-14)18-5-4-13(10-24-18)16(21)9-15(20)11-23-17-3-1-2-7-22-17/h1-5,7,9-10,14,20H,6,8,11-12,21H2,(H,22,23)/b16-9-,20-15?/t14-/m0/s1. The van der Waals surface area contributed by atoms with Gasteiger partial charge in [0.25, 0.3) is 0 Å². The van der Waals surface area contributed by atoms with E-state index in [1.54, 1.807) is 18.5 Å². The second kappa shape index (κ2) is 7.74. The van der Waals surface area contributed by atoms with E-state index in [1.165, 1.54) is 0 Å². The molecule has 0 saturated carbocycles. The van der Waals surface area contributed by atoms with Crippen LogP contribution in [0.1, 0.15) is 12.0 Å². The number of halogens is 1. The number of hydrogen-bond donors (Lipinski definition) is 3. The molecule has 1 atom stereocenters. The molecule has 1 aliphatic rings. The summed E-state index contributed by atoms with van der Waals surface area (Å²) in [5.74, 6) is 1.46. The van der Waals surface area contributed by atoms with Gasteiger partial charge in [0, 0.05) is 30.2 Å². The topological polar surface area (TPSA) is 90.9 Å². The maximum absolute atomic E-state index is 13.3. The first-order valence-corrected chi connectivity index (χ1v) is 8.17. The summed E-state index contributed by atoms with van der Waals surface area (Å²) in [7, 11) is 0. The van der Waals surface area contributed by atoms with Gasteiger partial charge in [-0.25, -0.2) is 14.4 Å². The van der Waals surface area contributed by atoms with Crippen molar-refractivity contribution in [3.8, 4) is 0 Å². The van der Waals surface area contributed by atoms with Gasteiger partial charge in [-0.05, 0) is 36.8 Å². The fourth-order valence-corrected chi connectivity index (χ4v) is 2.64. The minimum absolute atomic E-state index is 0.328. The zero-order valence-corrected chi connectivity index (χ0v) is 13.8. The Hall–Kier alpha value is -2.96. The van der Waals surface area contributed by atoms with Crippen molar-refractivity contribution < 1.29 is 4.39 Å². The summed E-state index contributed by atoms with van der Waals surface area (Å²) < 4.78 is 13.3. The molecule has 2 aromatic heterocycles. The summed E-state index contributed by atoms with van der Waals surface area (Å²) in [4.78, 5) is 10.4. The predicted octanol–water partition coefficient (Wildman–Crippen LogP) is 2.46. The maximum Gasteiger partial charge on any atom is 0.128 e. The molecule has 0 bridgehead atoms. The van der Waals surface area contributed by atoms with Crippen molar-refractivity contribution in [3.63, 3.8) is 0 Å². The van der Waals surface area contributed by atoms with E-state index in [4.69, 9.17) is 11.1 Å². The third kappa shape index (κ3) is 4.53. The van der Waals surface area contributed by atoms with E-state index in [0.717, 1.165) is 11.4 Å². The van der Waals surface area contributed by atoms with Crippen LogP contribution in [0.15, 0.2) is 48.8 Å². The normalized spacial score (nSPS) is 17.6. The number of pyridine rings is 2. The first-order chi connectivity index (χ1) is 12.1. The summed E-state index contributed by atoms with van der Waals surface area (Å²) in [6.07, 6.45) is 4.71. The molecule has 0 radical (unpaired) electrons. The first-order valence-electron chi connectivity index (χ1n) is 8.17. The van der Waals surface area contributed by atoms with Crippen LogP contribution in [0, 0.1) is 5.41 Å². The molecule has 130 valence electrons. The van der Waals surface area contributed by atoms with E-state index in [0.29, 0.717) is 43.3 Å². The Balaban J connectivity index is 1.58. The molecule has 3 heterocycles. The Labute approximate surface area is 146 Å². The highest BCUT2D eigenvalue weighted by molar-refractivity contribution is 6.00. The number of rotatable bonds is 6. The SMILES string of the molecule is N=C(/C=C(\N)c1ccc(N2CC[C@H](F)C2)nc1)CNc1ccccn1. The number of anilines is 2. The van der Waals surface area contributed by atoms with Crippen LogP contribution >= 0.6 is 0 Å². The Morgan fingerprint density at radius 1 is 1.36 bits per heavy atom. The second-order valence-electron chi connectivity index (χ2n) is 5.93. The lowest BCUT2D eigenvalue weighted by Gasteiger charge is -2.16. The molecule has 2 aromatic rings. The van der Waals surface area contributed by atoms with E-state index in [-0.39, 0.29) is 0 Å². The third-order valence-corrected chi connectivity index (χ3v) is 3.99. The van der Waals surface area contributed by atoms with Crippen molar-refractivity contribution in [3.05, 3.63) is 54.4 Å². The predicted molar refractivity (Wildman–Crippen MR) is 98.6 cm³/mol. The lowest BCUT2D eigenvalue weighted by molar-refractivity contribution is 0.364. The van der Waals surface area contributed by atoms with E-state index in [2.05, 4.69) is 15.3 Å². The number of hydrogen-bond acceptors (Lipinski definition) is 6. The molecule has 1 saturated heterocycles. The van der Waals surface area contributed by atoms with Crippen LogP contribution in [-0.4, -0.2) is 41.5 Å². The Bertz CT molecular complexity index is 744. The van der Waals surface area contributed by atoms with Crippen LogP contribution in [0.3, 0.4) is 0 Å². The zero-order chi connectivity index (χ0) is 17.6. The molecule has 7 heteroatoms. The number of alkyl halides is 1. The molecule has 1 fully saturated rings. The van der Waals surface area contributed by atoms with Gasteiger partial charge in [-0.1, -0.05) is 6.07 Å². The average Bonchev–Trinajstić information content (AvgIpc) is 3.07. The van der Waals surface area contributed by atoms with Crippen LogP contribution in [0.4, 0.5) is 16.0 Å². The smallest absolute Gasteiger partial charge is 0.128 e. The van der Waals surface area contributed by atoms with Crippen LogP contribution in [0.2, 0.25) is 0 Å². The van der Waals surface area contributed by atoms with Crippen LogP contribution < -0.4 is 16.0 Å². The lowest BCUT2D eigenvalue weighted by atomic mass is 10.1. The molecular formula is C18H21FN6. The first kappa shape index (κ1) is 16.9. The zero-order valence-electron chi connectivity index (χ0n) is 13.8. The largest absolute Gasteiger partial charge is 0.398 e. The van der Waals surface area contributed by atoms with Crippen molar-refractivity contribution in [1.29, 1.82) is 5.41 Å².